The quantitative estimate of drug-likeness (QED) is 0.294. The second kappa shape index (κ2) is 13.3. The minimum atomic E-state index is -0.240. The van der Waals surface area contributed by atoms with Crippen LogP contribution < -0.4 is 11.1 Å². The highest BCUT2D eigenvalue weighted by atomic mass is 127. The molecule has 0 atom stereocenters. The van der Waals surface area contributed by atoms with Crippen LogP contribution in [-0.2, 0) is 24.4 Å². The number of piperidine rings is 1. The minimum absolute atomic E-state index is 0. The van der Waals surface area contributed by atoms with E-state index in [1.807, 2.05) is 31.2 Å². The maximum Gasteiger partial charge on any atom is 0.409 e. The van der Waals surface area contributed by atoms with Crippen LogP contribution in [-0.4, -0.2) is 54.6 Å². The van der Waals surface area contributed by atoms with Gasteiger partial charge in [0, 0.05) is 25.7 Å². The van der Waals surface area contributed by atoms with E-state index in [0.717, 1.165) is 37.3 Å². The van der Waals surface area contributed by atoms with Gasteiger partial charge in [-0.2, -0.15) is 0 Å². The number of benzene rings is 1. The van der Waals surface area contributed by atoms with Crippen LogP contribution in [0, 0.1) is 0 Å². The molecule has 0 unspecified atom stereocenters. The van der Waals surface area contributed by atoms with Crippen molar-refractivity contribution in [3.8, 4) is 0 Å². The average Bonchev–Trinajstić information content (AvgIpc) is 3.26. The van der Waals surface area contributed by atoms with E-state index >= 15 is 0 Å². The predicted octanol–water partition coefficient (Wildman–Crippen LogP) is 3.55. The van der Waals surface area contributed by atoms with Gasteiger partial charge in [-0.05, 0) is 50.1 Å². The largest absolute Gasteiger partial charge is 0.468 e. The molecule has 0 aliphatic carbocycles. The molecule has 1 saturated heterocycles. The molecule has 1 aromatic carbocycles. The third-order valence-corrected chi connectivity index (χ3v) is 5.36. The molecule has 8 nitrogen and oxygen atoms in total. The van der Waals surface area contributed by atoms with Crippen molar-refractivity contribution in [1.82, 2.24) is 15.1 Å². The van der Waals surface area contributed by atoms with E-state index in [0.29, 0.717) is 32.2 Å². The molecule has 3 N–H and O–H groups in total. The summed E-state index contributed by atoms with van der Waals surface area (Å²) in [6.45, 7) is 5.61. The van der Waals surface area contributed by atoms with Crippen LogP contribution in [0.3, 0.4) is 0 Å². The van der Waals surface area contributed by atoms with E-state index < -0.39 is 0 Å². The number of aliphatic imine (C=N–C) groups is 1. The highest BCUT2D eigenvalue weighted by Crippen LogP contribution is 2.15. The Morgan fingerprint density at radius 2 is 1.94 bits per heavy atom. The molecule has 176 valence electrons. The number of hydrogen-bond acceptors (Lipinski definition) is 5. The summed E-state index contributed by atoms with van der Waals surface area (Å²) in [7, 11) is 2.07. The summed E-state index contributed by atoms with van der Waals surface area (Å²) in [5.41, 5.74) is 8.51. The van der Waals surface area contributed by atoms with Crippen LogP contribution >= 0.6 is 24.0 Å². The molecule has 1 fully saturated rings. The lowest BCUT2D eigenvalue weighted by molar-refractivity contribution is 0.0963. The van der Waals surface area contributed by atoms with E-state index in [1.54, 1.807) is 11.2 Å². The highest BCUT2D eigenvalue weighted by molar-refractivity contribution is 14.0. The smallest absolute Gasteiger partial charge is 0.409 e. The third kappa shape index (κ3) is 8.01. The first-order chi connectivity index (χ1) is 15.0. The number of nitrogens with zero attached hydrogens (tertiary/aromatic N) is 3. The Bertz CT molecular complexity index is 851. The number of likely N-dealkylation sites (tertiary alicyclic amines) is 1. The van der Waals surface area contributed by atoms with E-state index in [1.165, 1.54) is 5.56 Å². The number of ether oxygens (including phenoxy) is 1. The molecule has 1 aliphatic rings. The molecule has 0 bridgehead atoms. The van der Waals surface area contributed by atoms with Gasteiger partial charge in [-0.25, -0.2) is 9.79 Å². The zero-order chi connectivity index (χ0) is 22.1. The van der Waals surface area contributed by atoms with Crippen LogP contribution in [0.25, 0.3) is 0 Å². The third-order valence-electron chi connectivity index (χ3n) is 5.36. The minimum Gasteiger partial charge on any atom is -0.468 e. The summed E-state index contributed by atoms with van der Waals surface area (Å²) >= 11 is 0. The number of carbonyl (C=O) groups is 1. The SMILES string of the molecule is CCOC(=O)N1CCC(NC(N)=NCc2ccccc2CN(C)Cc2ccco2)CC1.I. The Balaban J connectivity index is 0.00000363. The second-order valence-electron chi connectivity index (χ2n) is 7.83. The van der Waals surface area contributed by atoms with E-state index in [4.69, 9.17) is 14.9 Å². The summed E-state index contributed by atoms with van der Waals surface area (Å²) in [6.07, 6.45) is 3.10. The number of carbonyl (C=O) groups excluding carboxylic acids is 1. The Morgan fingerprint density at radius 1 is 1.22 bits per heavy atom. The molecule has 32 heavy (non-hydrogen) atoms. The molecule has 9 heteroatoms. The Morgan fingerprint density at radius 3 is 2.59 bits per heavy atom. The van der Waals surface area contributed by atoms with Crippen molar-refractivity contribution < 1.29 is 13.9 Å². The summed E-state index contributed by atoms with van der Waals surface area (Å²) in [4.78, 5) is 20.3. The molecule has 2 aromatic rings. The van der Waals surface area contributed by atoms with Gasteiger partial charge in [0.25, 0.3) is 0 Å². The first-order valence-electron chi connectivity index (χ1n) is 10.8. The summed E-state index contributed by atoms with van der Waals surface area (Å²) in [5, 5.41) is 3.30. The molecule has 1 amide bonds. The fourth-order valence-electron chi connectivity index (χ4n) is 3.73. The first-order valence-corrected chi connectivity index (χ1v) is 10.8. The number of nitrogens with one attached hydrogen (secondary N) is 1. The van der Waals surface area contributed by atoms with Gasteiger partial charge in [-0.1, -0.05) is 24.3 Å². The van der Waals surface area contributed by atoms with Crippen molar-refractivity contribution >= 4 is 36.0 Å². The second-order valence-corrected chi connectivity index (χ2v) is 7.83. The number of guanidine groups is 1. The average molecular weight is 555 g/mol. The number of rotatable bonds is 8. The molecule has 1 aromatic heterocycles. The Kier molecular flexibility index (Phi) is 10.8. The van der Waals surface area contributed by atoms with Gasteiger partial charge >= 0.3 is 6.09 Å². The van der Waals surface area contributed by atoms with Gasteiger partial charge in [0.1, 0.15) is 5.76 Å². The molecule has 0 radical (unpaired) electrons. The number of hydrogen-bond donors (Lipinski definition) is 2. The van der Waals surface area contributed by atoms with Crippen molar-refractivity contribution in [3.63, 3.8) is 0 Å². The van der Waals surface area contributed by atoms with Crippen molar-refractivity contribution in [2.45, 2.75) is 45.4 Å². The van der Waals surface area contributed by atoms with Gasteiger partial charge in [-0.15, -0.1) is 24.0 Å². The van der Waals surface area contributed by atoms with Crippen LogP contribution in [0.2, 0.25) is 0 Å². The predicted molar refractivity (Wildman–Crippen MR) is 136 cm³/mol. The topological polar surface area (TPSA) is 96.3 Å². The Labute approximate surface area is 207 Å². The zero-order valence-corrected chi connectivity index (χ0v) is 21.2. The van der Waals surface area contributed by atoms with E-state index in [9.17, 15) is 4.79 Å². The normalized spacial score (nSPS) is 14.8. The maximum atomic E-state index is 11.8. The first kappa shape index (κ1) is 26.0. The maximum absolute atomic E-state index is 11.8. The van der Waals surface area contributed by atoms with Crippen LogP contribution in [0.4, 0.5) is 4.79 Å². The number of furan rings is 1. The van der Waals surface area contributed by atoms with Gasteiger partial charge in [0.15, 0.2) is 5.96 Å². The fraction of sp³-hybridized carbons (Fsp3) is 0.478. The highest BCUT2D eigenvalue weighted by Gasteiger charge is 2.23. The van der Waals surface area contributed by atoms with Gasteiger partial charge < -0.3 is 25.1 Å². The molecule has 0 spiro atoms. The lowest BCUT2D eigenvalue weighted by Gasteiger charge is -2.31. The summed E-state index contributed by atoms with van der Waals surface area (Å²) in [6, 6.07) is 12.4. The fourth-order valence-corrected chi connectivity index (χ4v) is 3.73. The summed E-state index contributed by atoms with van der Waals surface area (Å²) in [5.74, 6) is 1.38. The number of amides is 1. The van der Waals surface area contributed by atoms with Crippen LogP contribution in [0.15, 0.2) is 52.1 Å². The van der Waals surface area contributed by atoms with E-state index in [-0.39, 0.29) is 36.1 Å². The van der Waals surface area contributed by atoms with Crippen molar-refractivity contribution in [3.05, 3.63) is 59.5 Å². The number of halogens is 1. The standard InChI is InChI=1S/C23H33N5O3.HI/c1-3-30-23(29)28-12-10-20(11-13-28)26-22(24)25-15-18-7-4-5-8-19(18)16-27(2)17-21-9-6-14-31-21;/h4-9,14,20H,3,10-13,15-17H2,1-2H3,(H3,24,25,26);1H. The van der Waals surface area contributed by atoms with Crippen LogP contribution in [0.1, 0.15) is 36.7 Å². The van der Waals surface area contributed by atoms with Crippen LogP contribution in [0.5, 0.6) is 0 Å². The molecular formula is C23H34IN5O3. The van der Waals surface area contributed by atoms with E-state index in [2.05, 4.69) is 34.4 Å². The Hall–Kier alpha value is -2.27. The lowest BCUT2D eigenvalue weighted by Crippen LogP contribution is -2.48. The molecule has 2 heterocycles. The molecular weight excluding hydrogens is 521 g/mol. The van der Waals surface area contributed by atoms with Gasteiger partial charge in [0.2, 0.25) is 0 Å². The van der Waals surface area contributed by atoms with Crippen molar-refractivity contribution in [2.75, 3.05) is 26.7 Å². The zero-order valence-electron chi connectivity index (χ0n) is 18.8. The summed E-state index contributed by atoms with van der Waals surface area (Å²) < 4.78 is 10.5. The van der Waals surface area contributed by atoms with Gasteiger partial charge in [0.05, 0.1) is 26.0 Å². The monoisotopic (exact) mass is 555 g/mol. The lowest BCUT2D eigenvalue weighted by atomic mass is 10.1. The van der Waals surface area contributed by atoms with Crippen molar-refractivity contribution in [2.24, 2.45) is 10.7 Å². The molecule has 3 rings (SSSR count). The van der Waals surface area contributed by atoms with Gasteiger partial charge in [-0.3, -0.25) is 4.90 Å². The molecule has 1 aliphatic heterocycles. The number of nitrogens with two attached hydrogens (primary N) is 1. The van der Waals surface area contributed by atoms with Crippen molar-refractivity contribution in [1.29, 1.82) is 0 Å². The molecule has 0 saturated carbocycles.